The zero-order chi connectivity index (χ0) is 50.0. The number of aryl methyl sites for hydroxylation is 2. The van der Waals surface area contributed by atoms with Gasteiger partial charge in [0.2, 0.25) is 0 Å². The third-order valence-corrected chi connectivity index (χ3v) is 11.1. The maximum atomic E-state index is 12.7. The highest BCUT2D eigenvalue weighted by Crippen LogP contribution is 2.17. The van der Waals surface area contributed by atoms with Gasteiger partial charge in [-0.05, 0) is 55.2 Å². The molecule has 0 saturated carbocycles. The van der Waals surface area contributed by atoms with Crippen molar-refractivity contribution in [3.63, 3.8) is 0 Å². The van der Waals surface area contributed by atoms with Gasteiger partial charge in [-0.15, -0.1) is 0 Å². The van der Waals surface area contributed by atoms with Gasteiger partial charge in [0, 0.05) is 60.8 Å². The van der Waals surface area contributed by atoms with Crippen LogP contribution < -0.4 is 0 Å². The van der Waals surface area contributed by atoms with Gasteiger partial charge in [-0.1, -0.05) is 190 Å². The molecule has 0 saturated heterocycles. The van der Waals surface area contributed by atoms with Crippen molar-refractivity contribution in [3.8, 4) is 0 Å². The van der Waals surface area contributed by atoms with E-state index in [2.05, 4.69) is 20.4 Å². The molecule has 0 aromatic heterocycles. The summed E-state index contributed by atoms with van der Waals surface area (Å²) in [5.74, 6) is 0.114. The standard InChI is InChI=1S/C38H42O5.C15H12O.C8H18O3/c1-3-26-42-27-36(25-19-30-16-22-34(23-17-30)38(40)32-12-8-5-9-13-32)43-28-35(41-2)24-18-29-14-20-33(21-15-29)37(39)31-10-6-4-7-11-31;1-2-12-8-10-14(11-9-12)15(16)13-6-4-3-5-7-13;1-3-4-10-7-8-11-6-5-9-2/h4-17,20-23,35-36H,3,18-19,24-28H2,1-2H3;2-11H,1H2;3-8H2,1-2H3. The molecule has 0 aliphatic heterocycles. The lowest BCUT2D eigenvalue weighted by Gasteiger charge is -2.22. The van der Waals surface area contributed by atoms with Crippen LogP contribution in [0.15, 0.2) is 170 Å². The van der Waals surface area contributed by atoms with Crippen LogP contribution in [0.2, 0.25) is 0 Å². The highest BCUT2D eigenvalue weighted by Gasteiger charge is 2.16. The largest absolute Gasteiger partial charge is 0.382 e. The highest BCUT2D eigenvalue weighted by molar-refractivity contribution is 6.10. The molecule has 6 rings (SSSR count). The number of methoxy groups -OCH3 is 2. The lowest BCUT2D eigenvalue weighted by molar-refractivity contribution is -0.0626. The summed E-state index contributed by atoms with van der Waals surface area (Å²) < 4.78 is 33.1. The van der Waals surface area contributed by atoms with E-state index in [9.17, 15) is 14.4 Å². The summed E-state index contributed by atoms with van der Waals surface area (Å²) in [6.45, 7) is 13.1. The summed E-state index contributed by atoms with van der Waals surface area (Å²) in [5, 5.41) is 0. The fourth-order valence-electron chi connectivity index (χ4n) is 7.04. The summed E-state index contributed by atoms with van der Waals surface area (Å²) in [6, 6.07) is 51.1. The van der Waals surface area contributed by atoms with E-state index in [0.29, 0.717) is 79.6 Å². The van der Waals surface area contributed by atoms with Gasteiger partial charge in [0.1, 0.15) is 0 Å². The van der Waals surface area contributed by atoms with E-state index in [-0.39, 0.29) is 29.6 Å². The molecular weight excluding hydrogens is 877 g/mol. The minimum absolute atomic E-state index is 0.0308. The third-order valence-electron chi connectivity index (χ3n) is 11.1. The molecule has 0 aliphatic rings. The molecule has 0 N–H and O–H groups in total. The van der Waals surface area contributed by atoms with Crippen molar-refractivity contribution >= 4 is 23.4 Å². The Morgan fingerprint density at radius 3 is 1.21 bits per heavy atom. The van der Waals surface area contributed by atoms with E-state index < -0.39 is 0 Å². The van der Waals surface area contributed by atoms with Crippen LogP contribution in [0.4, 0.5) is 0 Å². The molecule has 6 aromatic carbocycles. The molecule has 2 unspecified atom stereocenters. The topological polar surface area (TPSA) is 107 Å². The Balaban J connectivity index is 0.000000319. The zero-order valence-electron chi connectivity index (χ0n) is 41.6. The van der Waals surface area contributed by atoms with Gasteiger partial charge in [-0.3, -0.25) is 14.4 Å². The van der Waals surface area contributed by atoms with E-state index in [4.69, 9.17) is 28.4 Å². The average molecular weight is 949 g/mol. The second kappa shape index (κ2) is 34.2. The molecule has 0 aliphatic carbocycles. The number of hydrogen-bond donors (Lipinski definition) is 0. The lowest BCUT2D eigenvalue weighted by atomic mass is 10.00. The number of ether oxygens (including phenoxy) is 6. The minimum atomic E-state index is -0.0573. The number of carbonyl (C=O) groups excluding carboxylic acids is 3. The number of hydrogen-bond acceptors (Lipinski definition) is 9. The summed E-state index contributed by atoms with van der Waals surface area (Å²) in [6.07, 6.45) is 6.94. The molecule has 0 heterocycles. The molecule has 9 heteroatoms. The second-order valence-electron chi connectivity index (χ2n) is 16.5. The molecule has 370 valence electrons. The Kier molecular flexibility index (Phi) is 27.5. The Bertz CT molecular complexity index is 2320. The van der Waals surface area contributed by atoms with Crippen molar-refractivity contribution in [1.29, 1.82) is 0 Å². The zero-order valence-corrected chi connectivity index (χ0v) is 41.6. The van der Waals surface area contributed by atoms with E-state index in [0.717, 1.165) is 61.8 Å². The van der Waals surface area contributed by atoms with Gasteiger partial charge in [-0.25, -0.2) is 0 Å². The van der Waals surface area contributed by atoms with Gasteiger partial charge < -0.3 is 28.4 Å². The van der Waals surface area contributed by atoms with Crippen LogP contribution in [-0.2, 0) is 41.3 Å². The first-order valence-electron chi connectivity index (χ1n) is 24.4. The first-order valence-corrected chi connectivity index (χ1v) is 24.4. The Morgan fingerprint density at radius 1 is 0.443 bits per heavy atom. The number of benzene rings is 6. The molecule has 70 heavy (non-hydrogen) atoms. The van der Waals surface area contributed by atoms with Crippen LogP contribution in [0.3, 0.4) is 0 Å². The Hall–Kier alpha value is -6.17. The van der Waals surface area contributed by atoms with Gasteiger partial charge in [0.15, 0.2) is 17.3 Å². The molecular formula is C61H72O9. The fourth-order valence-corrected chi connectivity index (χ4v) is 7.04. The van der Waals surface area contributed by atoms with Crippen LogP contribution in [0, 0.1) is 0 Å². The van der Waals surface area contributed by atoms with Gasteiger partial charge in [-0.2, -0.15) is 0 Å². The van der Waals surface area contributed by atoms with Gasteiger partial charge in [0.05, 0.1) is 51.8 Å². The Labute approximate surface area is 416 Å². The Morgan fingerprint density at radius 2 is 0.814 bits per heavy atom. The molecule has 0 radical (unpaired) electrons. The maximum Gasteiger partial charge on any atom is 0.193 e. The van der Waals surface area contributed by atoms with Crippen molar-refractivity contribution < 1.29 is 42.8 Å². The van der Waals surface area contributed by atoms with Crippen LogP contribution >= 0.6 is 0 Å². The molecule has 0 fully saturated rings. The molecule has 0 amide bonds. The molecule has 6 aromatic rings. The molecule has 0 spiro atoms. The lowest BCUT2D eigenvalue weighted by Crippen LogP contribution is -2.27. The van der Waals surface area contributed by atoms with Crippen LogP contribution in [0.1, 0.15) is 104 Å². The maximum absolute atomic E-state index is 12.7. The van der Waals surface area contributed by atoms with Crippen LogP contribution in [0.25, 0.3) is 6.08 Å². The minimum Gasteiger partial charge on any atom is -0.382 e. The van der Waals surface area contributed by atoms with Crippen molar-refractivity contribution in [2.75, 3.05) is 67.1 Å². The first-order chi connectivity index (χ1) is 34.3. The summed E-state index contributed by atoms with van der Waals surface area (Å²) >= 11 is 0. The van der Waals surface area contributed by atoms with Crippen molar-refractivity contribution in [2.24, 2.45) is 0 Å². The second-order valence-corrected chi connectivity index (χ2v) is 16.5. The van der Waals surface area contributed by atoms with E-state index in [1.807, 2.05) is 164 Å². The van der Waals surface area contributed by atoms with E-state index >= 15 is 0 Å². The summed E-state index contributed by atoms with van der Waals surface area (Å²) in [4.78, 5) is 37.4. The molecule has 9 nitrogen and oxygen atoms in total. The van der Waals surface area contributed by atoms with Crippen LogP contribution in [-0.4, -0.2) is 96.6 Å². The number of ketones is 3. The van der Waals surface area contributed by atoms with Crippen molar-refractivity contribution in [3.05, 3.63) is 220 Å². The quantitative estimate of drug-likeness (QED) is 0.0336. The third kappa shape index (κ3) is 21.2. The highest BCUT2D eigenvalue weighted by atomic mass is 16.6. The van der Waals surface area contributed by atoms with E-state index in [1.165, 1.54) is 0 Å². The molecule has 0 bridgehead atoms. The predicted molar refractivity (Wildman–Crippen MR) is 281 cm³/mol. The average Bonchev–Trinajstić information content (AvgIpc) is 3.42. The fraction of sp³-hybridized carbons (Fsp3) is 0.328. The summed E-state index contributed by atoms with van der Waals surface area (Å²) in [5.41, 5.74) is 7.52. The summed E-state index contributed by atoms with van der Waals surface area (Å²) in [7, 11) is 3.38. The molecule has 2 atom stereocenters. The van der Waals surface area contributed by atoms with Gasteiger partial charge >= 0.3 is 0 Å². The number of carbonyl (C=O) groups is 3. The normalized spacial score (nSPS) is 11.5. The monoisotopic (exact) mass is 949 g/mol. The number of rotatable bonds is 29. The van der Waals surface area contributed by atoms with Crippen molar-refractivity contribution in [2.45, 2.75) is 64.6 Å². The van der Waals surface area contributed by atoms with Gasteiger partial charge in [0.25, 0.3) is 0 Å². The van der Waals surface area contributed by atoms with Crippen molar-refractivity contribution in [1.82, 2.24) is 0 Å². The first kappa shape index (κ1) is 56.4. The predicted octanol–water partition coefficient (Wildman–Crippen LogP) is 12.2. The SMILES string of the molecule is C=Cc1ccc(C(=O)c2ccccc2)cc1.CCCOCC(CCc1ccc(C(=O)c2ccccc2)cc1)OCC(CCc1ccc(C(=O)c2ccccc2)cc1)OC.CCCOCCOCCOC. The van der Waals surface area contributed by atoms with Crippen LogP contribution in [0.5, 0.6) is 0 Å². The van der Waals surface area contributed by atoms with E-state index in [1.54, 1.807) is 20.3 Å². The smallest absolute Gasteiger partial charge is 0.193 e.